The van der Waals surface area contributed by atoms with Crippen LogP contribution in [0.15, 0.2) is 65.6 Å². The van der Waals surface area contributed by atoms with Crippen LogP contribution in [0.1, 0.15) is 22.5 Å². The summed E-state index contributed by atoms with van der Waals surface area (Å²) in [6.07, 6.45) is -5.87. The van der Waals surface area contributed by atoms with E-state index in [2.05, 4.69) is 9.97 Å². The van der Waals surface area contributed by atoms with Gasteiger partial charge in [-0.1, -0.05) is 24.3 Å². The first-order valence-electron chi connectivity index (χ1n) is 9.65. The third-order valence-electron chi connectivity index (χ3n) is 5.01. The molecule has 0 aliphatic rings. The lowest BCUT2D eigenvalue weighted by atomic mass is 10.0. The molecule has 3 N–H and O–H groups in total. The number of nitrogens with two attached hydrogens (primary N) is 1. The number of fused-ring (bicyclic) bond motifs is 1. The summed E-state index contributed by atoms with van der Waals surface area (Å²) in [6.45, 7) is 0. The van der Waals surface area contributed by atoms with Crippen molar-refractivity contribution >= 4 is 34.2 Å². The predicted octanol–water partition coefficient (Wildman–Crippen LogP) is 6.42. The van der Waals surface area contributed by atoms with Gasteiger partial charge >= 0.3 is 12.4 Å². The number of aromatic nitrogens is 2. The zero-order valence-corrected chi connectivity index (χ0v) is 17.9. The number of nitrogens with zero attached hydrogens (tertiary/aromatic N) is 1. The summed E-state index contributed by atoms with van der Waals surface area (Å²) in [7, 11) is -2.01. The van der Waals surface area contributed by atoms with Crippen LogP contribution in [-0.2, 0) is 23.3 Å². The molecule has 0 amide bonds. The molecule has 176 valence electrons. The number of alkyl halides is 6. The second kappa shape index (κ2) is 8.73. The Hall–Kier alpha value is -3.44. The first-order valence-corrected chi connectivity index (χ1v) is 10.9. The molecule has 34 heavy (non-hydrogen) atoms. The number of nitrogens with one attached hydrogen (secondary N) is 1. The molecule has 0 bridgehead atoms. The van der Waals surface area contributed by atoms with E-state index < -0.39 is 34.5 Å². The van der Waals surface area contributed by atoms with Crippen LogP contribution in [-0.4, -0.2) is 14.2 Å². The molecular formula is C23H15F6N3OS. The maximum Gasteiger partial charge on any atom is 0.416 e. The second-order valence-electron chi connectivity index (χ2n) is 7.31. The Bertz CT molecular complexity index is 1410. The fourth-order valence-electron chi connectivity index (χ4n) is 3.34. The van der Waals surface area contributed by atoms with Crippen LogP contribution in [0, 0.1) is 0 Å². The average molecular weight is 495 g/mol. The minimum absolute atomic E-state index is 0.0503. The first kappa shape index (κ1) is 23.7. The molecular weight excluding hydrogens is 480 g/mol. The molecule has 1 aromatic heterocycles. The summed E-state index contributed by atoms with van der Waals surface area (Å²) in [6, 6.07) is 12.1. The zero-order valence-electron chi connectivity index (χ0n) is 17.0. The average Bonchev–Trinajstić information content (AvgIpc) is 3.18. The molecule has 0 saturated heterocycles. The SMILES string of the molecule is NS(=O)c1ccc(C(F)(F)F)cc1-c1ccc2nc(/C=C/c3ccc(C(F)(F)F)cc3)[nH]c2c1. The molecule has 0 spiro atoms. The van der Waals surface area contributed by atoms with E-state index in [9.17, 15) is 30.6 Å². The van der Waals surface area contributed by atoms with Gasteiger partial charge in [0.15, 0.2) is 0 Å². The fourth-order valence-corrected chi connectivity index (χ4v) is 3.94. The molecule has 4 nitrogen and oxygen atoms in total. The first-order chi connectivity index (χ1) is 15.9. The quantitative estimate of drug-likeness (QED) is 0.321. The highest BCUT2D eigenvalue weighted by molar-refractivity contribution is 7.82. The van der Waals surface area contributed by atoms with Crippen molar-refractivity contribution in [2.24, 2.45) is 5.14 Å². The van der Waals surface area contributed by atoms with E-state index in [1.165, 1.54) is 12.1 Å². The third-order valence-corrected chi connectivity index (χ3v) is 5.80. The highest BCUT2D eigenvalue weighted by Crippen LogP contribution is 2.35. The van der Waals surface area contributed by atoms with Crippen LogP contribution in [0.3, 0.4) is 0 Å². The Morgan fingerprint density at radius 2 is 1.47 bits per heavy atom. The third kappa shape index (κ3) is 5.05. The van der Waals surface area contributed by atoms with Crippen LogP contribution in [0.2, 0.25) is 0 Å². The summed E-state index contributed by atoms with van der Waals surface area (Å²) >= 11 is 0. The lowest BCUT2D eigenvalue weighted by Gasteiger charge is -2.12. The van der Waals surface area contributed by atoms with E-state index in [0.29, 0.717) is 28.0 Å². The van der Waals surface area contributed by atoms with Gasteiger partial charge in [-0.2, -0.15) is 26.3 Å². The standard InChI is InChI=1S/C23H15F6N3OS/c24-22(25,26)15-5-1-13(2-6-15)3-10-21-31-18-8-4-14(11-19(18)32-21)17-12-16(23(27,28)29)7-9-20(17)34(30)33/h1-12H,30H2,(H,31,32)/b10-3+. The van der Waals surface area contributed by atoms with Gasteiger partial charge in [0.05, 0.1) is 27.1 Å². The fraction of sp³-hybridized carbons (Fsp3) is 0.0870. The Balaban J connectivity index is 1.67. The van der Waals surface area contributed by atoms with Crippen molar-refractivity contribution in [1.82, 2.24) is 9.97 Å². The topological polar surface area (TPSA) is 71.8 Å². The largest absolute Gasteiger partial charge is 0.416 e. The molecule has 0 radical (unpaired) electrons. The number of halogens is 6. The molecule has 1 heterocycles. The Morgan fingerprint density at radius 1 is 0.824 bits per heavy atom. The number of benzene rings is 3. The highest BCUT2D eigenvalue weighted by atomic mass is 32.2. The van der Waals surface area contributed by atoms with Gasteiger partial charge in [0.1, 0.15) is 16.8 Å². The van der Waals surface area contributed by atoms with Gasteiger partial charge in [0.25, 0.3) is 0 Å². The number of hydrogen-bond acceptors (Lipinski definition) is 2. The van der Waals surface area contributed by atoms with E-state index >= 15 is 0 Å². The van der Waals surface area contributed by atoms with E-state index in [0.717, 1.165) is 30.3 Å². The van der Waals surface area contributed by atoms with Gasteiger partial charge in [-0.3, -0.25) is 0 Å². The van der Waals surface area contributed by atoms with Crippen molar-refractivity contribution in [3.8, 4) is 11.1 Å². The molecule has 1 unspecified atom stereocenters. The van der Waals surface area contributed by atoms with Crippen LogP contribution in [0.25, 0.3) is 34.3 Å². The molecule has 4 aromatic rings. The minimum Gasteiger partial charge on any atom is -0.338 e. The van der Waals surface area contributed by atoms with Gasteiger partial charge in [0.2, 0.25) is 0 Å². The molecule has 4 rings (SSSR count). The molecule has 1 atom stereocenters. The lowest BCUT2D eigenvalue weighted by molar-refractivity contribution is -0.138. The summed E-state index contributed by atoms with van der Waals surface area (Å²) in [5.74, 6) is 0.388. The van der Waals surface area contributed by atoms with E-state index in [1.54, 1.807) is 30.4 Å². The summed E-state index contributed by atoms with van der Waals surface area (Å²) in [4.78, 5) is 7.39. The van der Waals surface area contributed by atoms with Crippen molar-refractivity contribution in [3.63, 3.8) is 0 Å². The van der Waals surface area contributed by atoms with E-state index in [1.807, 2.05) is 0 Å². The number of rotatable bonds is 4. The van der Waals surface area contributed by atoms with Gasteiger partial charge in [-0.25, -0.2) is 14.3 Å². The Morgan fingerprint density at radius 3 is 2.09 bits per heavy atom. The van der Waals surface area contributed by atoms with Gasteiger partial charge < -0.3 is 4.98 Å². The Labute approximate surface area is 191 Å². The van der Waals surface area contributed by atoms with Crippen LogP contribution >= 0.6 is 0 Å². The molecule has 0 saturated carbocycles. The molecule has 11 heteroatoms. The number of imidazole rings is 1. The maximum atomic E-state index is 13.2. The lowest BCUT2D eigenvalue weighted by Crippen LogP contribution is -2.09. The monoisotopic (exact) mass is 495 g/mol. The second-order valence-corrected chi connectivity index (χ2v) is 8.35. The van der Waals surface area contributed by atoms with Gasteiger partial charge in [0, 0.05) is 0 Å². The van der Waals surface area contributed by atoms with Gasteiger partial charge in [-0.05, 0) is 65.2 Å². The molecule has 0 aliphatic heterocycles. The van der Waals surface area contributed by atoms with Crippen molar-refractivity contribution in [1.29, 1.82) is 0 Å². The molecule has 3 aromatic carbocycles. The maximum absolute atomic E-state index is 13.2. The summed E-state index contributed by atoms with van der Waals surface area (Å²) in [5.41, 5.74) is 0.306. The van der Waals surface area contributed by atoms with E-state index in [4.69, 9.17) is 5.14 Å². The number of hydrogen-bond donors (Lipinski definition) is 2. The summed E-state index contributed by atoms with van der Waals surface area (Å²) < 4.78 is 89.5. The minimum atomic E-state index is -4.59. The van der Waals surface area contributed by atoms with Gasteiger partial charge in [-0.15, -0.1) is 0 Å². The predicted molar refractivity (Wildman–Crippen MR) is 117 cm³/mol. The van der Waals surface area contributed by atoms with Crippen molar-refractivity contribution in [2.45, 2.75) is 17.2 Å². The number of aromatic amines is 1. The molecule has 0 fully saturated rings. The van der Waals surface area contributed by atoms with Crippen LogP contribution < -0.4 is 5.14 Å². The zero-order chi connectivity index (χ0) is 24.7. The normalized spacial score (nSPS) is 13.6. The van der Waals surface area contributed by atoms with Crippen LogP contribution in [0.4, 0.5) is 26.3 Å². The number of H-pyrrole nitrogens is 1. The van der Waals surface area contributed by atoms with Crippen LogP contribution in [0.5, 0.6) is 0 Å². The Kier molecular flexibility index (Phi) is 6.09. The summed E-state index contributed by atoms with van der Waals surface area (Å²) in [5, 5.41) is 5.45. The van der Waals surface area contributed by atoms with E-state index in [-0.39, 0.29) is 10.5 Å². The highest BCUT2D eigenvalue weighted by Gasteiger charge is 2.31. The van der Waals surface area contributed by atoms with Crippen molar-refractivity contribution in [3.05, 3.63) is 83.2 Å². The smallest absolute Gasteiger partial charge is 0.338 e. The van der Waals surface area contributed by atoms with Crippen molar-refractivity contribution < 1.29 is 30.6 Å². The van der Waals surface area contributed by atoms with Crippen molar-refractivity contribution in [2.75, 3.05) is 0 Å². The molecule has 0 aliphatic carbocycles.